The Morgan fingerprint density at radius 1 is 1.29 bits per heavy atom. The topological polar surface area (TPSA) is 57.5 Å². The minimum atomic E-state index is -0.846. The average molecular weight is 469 g/mol. The third kappa shape index (κ3) is 6.71. The average Bonchev–Trinajstić information content (AvgIpc) is 3.20. The first-order chi connectivity index (χ1) is 14.6. The predicted molar refractivity (Wildman–Crippen MR) is 130 cm³/mol. The standard InChI is InChI=1S/C26H41ClO3S/c1-16-8-9-18(15-26(3,4)14-16)12-17(2)24-20(21(27)13-22(24)28)7-5-6-19-10-11-23(31-19)25(29)30/h10-11,16-18,20-22,24,28H,5-9,12-15H2,1-4H3,(H,29,30). The molecule has 0 amide bonds. The Hall–Kier alpha value is -0.580. The molecule has 5 heteroatoms. The molecule has 2 N–H and O–H groups in total. The van der Waals surface area contributed by atoms with Gasteiger partial charge < -0.3 is 10.2 Å². The van der Waals surface area contributed by atoms with E-state index >= 15 is 0 Å². The first-order valence-electron chi connectivity index (χ1n) is 12.2. The van der Waals surface area contributed by atoms with Crippen LogP contribution in [0.5, 0.6) is 0 Å². The van der Waals surface area contributed by atoms with Crippen LogP contribution in [-0.4, -0.2) is 27.7 Å². The Bertz CT molecular complexity index is 730. The highest BCUT2D eigenvalue weighted by Gasteiger charge is 2.44. The molecule has 0 saturated heterocycles. The number of carboxylic acid groups (broad SMARTS) is 1. The molecule has 31 heavy (non-hydrogen) atoms. The van der Waals surface area contributed by atoms with E-state index in [2.05, 4.69) is 27.7 Å². The highest BCUT2D eigenvalue weighted by atomic mass is 35.5. The summed E-state index contributed by atoms with van der Waals surface area (Å²) in [5, 5.41) is 20.0. The Kier molecular flexibility index (Phi) is 8.54. The van der Waals surface area contributed by atoms with Crippen molar-refractivity contribution in [3.05, 3.63) is 21.9 Å². The fourth-order valence-corrected chi connectivity index (χ4v) is 8.18. The molecule has 0 spiro atoms. The van der Waals surface area contributed by atoms with E-state index in [1.165, 1.54) is 43.4 Å². The second-order valence-electron chi connectivity index (χ2n) is 11.4. The number of thiophene rings is 1. The molecular formula is C26H41ClO3S. The van der Waals surface area contributed by atoms with Crippen molar-refractivity contribution in [1.29, 1.82) is 0 Å². The van der Waals surface area contributed by atoms with E-state index in [-0.39, 0.29) is 17.4 Å². The Balaban J connectivity index is 1.57. The smallest absolute Gasteiger partial charge is 0.345 e. The van der Waals surface area contributed by atoms with Gasteiger partial charge in [0.1, 0.15) is 4.88 Å². The maximum absolute atomic E-state index is 11.1. The molecule has 2 aliphatic carbocycles. The number of hydrogen-bond donors (Lipinski definition) is 2. The van der Waals surface area contributed by atoms with Crippen LogP contribution in [0.3, 0.4) is 0 Å². The number of alkyl halides is 1. The van der Waals surface area contributed by atoms with Crippen LogP contribution in [0.1, 0.15) is 93.6 Å². The van der Waals surface area contributed by atoms with Gasteiger partial charge in [0.2, 0.25) is 0 Å². The predicted octanol–water partition coefficient (Wildman–Crippen LogP) is 7.25. The quantitative estimate of drug-likeness (QED) is 0.312. The largest absolute Gasteiger partial charge is 0.477 e. The number of aliphatic hydroxyl groups excluding tert-OH is 1. The van der Waals surface area contributed by atoms with Gasteiger partial charge in [-0.05, 0) is 92.1 Å². The van der Waals surface area contributed by atoms with Crippen molar-refractivity contribution >= 4 is 28.9 Å². The van der Waals surface area contributed by atoms with E-state index in [0.717, 1.165) is 36.0 Å². The lowest BCUT2D eigenvalue weighted by atomic mass is 9.73. The third-order valence-electron chi connectivity index (χ3n) is 7.88. The minimum Gasteiger partial charge on any atom is -0.477 e. The van der Waals surface area contributed by atoms with Crippen LogP contribution in [0.25, 0.3) is 0 Å². The molecule has 0 bridgehead atoms. The highest BCUT2D eigenvalue weighted by Crippen LogP contribution is 2.47. The van der Waals surface area contributed by atoms with Crippen LogP contribution >= 0.6 is 22.9 Å². The molecule has 1 heterocycles. The van der Waals surface area contributed by atoms with E-state index in [4.69, 9.17) is 16.7 Å². The molecule has 7 atom stereocenters. The molecule has 1 aromatic heterocycles. The highest BCUT2D eigenvalue weighted by molar-refractivity contribution is 7.13. The van der Waals surface area contributed by atoms with E-state index < -0.39 is 5.97 Å². The van der Waals surface area contributed by atoms with Crippen molar-refractivity contribution in [2.75, 3.05) is 0 Å². The Morgan fingerprint density at radius 3 is 2.71 bits per heavy atom. The number of aromatic carboxylic acids is 1. The van der Waals surface area contributed by atoms with Crippen molar-refractivity contribution in [2.45, 2.75) is 97.0 Å². The fraction of sp³-hybridized carbons (Fsp3) is 0.808. The van der Waals surface area contributed by atoms with Gasteiger partial charge in [0.05, 0.1) is 6.10 Å². The van der Waals surface area contributed by atoms with Crippen LogP contribution in [0.2, 0.25) is 0 Å². The van der Waals surface area contributed by atoms with Crippen molar-refractivity contribution in [1.82, 2.24) is 0 Å². The van der Waals surface area contributed by atoms with Crippen molar-refractivity contribution in [3.8, 4) is 0 Å². The maximum atomic E-state index is 11.1. The summed E-state index contributed by atoms with van der Waals surface area (Å²) >= 11 is 8.11. The van der Waals surface area contributed by atoms with Gasteiger partial charge in [0, 0.05) is 10.3 Å². The van der Waals surface area contributed by atoms with Gasteiger partial charge in [-0.15, -0.1) is 22.9 Å². The molecule has 1 aromatic rings. The van der Waals surface area contributed by atoms with Crippen LogP contribution in [0, 0.1) is 35.0 Å². The number of aryl methyl sites for hydroxylation is 1. The molecule has 0 aliphatic heterocycles. The number of carbonyl (C=O) groups is 1. The number of carboxylic acids is 1. The van der Waals surface area contributed by atoms with Gasteiger partial charge in [-0.3, -0.25) is 0 Å². The Morgan fingerprint density at radius 2 is 2.03 bits per heavy atom. The lowest BCUT2D eigenvalue weighted by molar-refractivity contribution is 0.0676. The second-order valence-corrected chi connectivity index (χ2v) is 13.1. The maximum Gasteiger partial charge on any atom is 0.345 e. The lowest BCUT2D eigenvalue weighted by Gasteiger charge is -2.33. The Labute approximate surface area is 197 Å². The van der Waals surface area contributed by atoms with Crippen molar-refractivity contribution in [3.63, 3.8) is 0 Å². The molecule has 0 radical (unpaired) electrons. The number of halogens is 1. The van der Waals surface area contributed by atoms with Crippen molar-refractivity contribution < 1.29 is 15.0 Å². The van der Waals surface area contributed by atoms with E-state index in [9.17, 15) is 9.90 Å². The molecular weight excluding hydrogens is 428 g/mol. The van der Waals surface area contributed by atoms with Gasteiger partial charge in [-0.25, -0.2) is 4.79 Å². The van der Waals surface area contributed by atoms with Gasteiger partial charge in [0.15, 0.2) is 0 Å². The van der Waals surface area contributed by atoms with Gasteiger partial charge in [-0.1, -0.05) is 40.5 Å². The van der Waals surface area contributed by atoms with Gasteiger partial charge >= 0.3 is 5.97 Å². The van der Waals surface area contributed by atoms with Crippen LogP contribution in [-0.2, 0) is 6.42 Å². The van der Waals surface area contributed by atoms with Crippen LogP contribution in [0.15, 0.2) is 12.1 Å². The SMILES string of the molecule is CC1CCC(CC(C)C2C(O)CC(Cl)C2CCCc2ccc(C(=O)O)s2)CC(C)(C)C1. The zero-order chi connectivity index (χ0) is 22.8. The first kappa shape index (κ1) is 25.1. The summed E-state index contributed by atoms with van der Waals surface area (Å²) in [5.74, 6) is 1.83. The molecule has 176 valence electrons. The molecule has 3 nitrogen and oxygen atoms in total. The summed E-state index contributed by atoms with van der Waals surface area (Å²) in [6.07, 6.45) is 9.77. The number of aliphatic hydroxyl groups is 1. The number of rotatable bonds is 8. The van der Waals surface area contributed by atoms with E-state index in [1.54, 1.807) is 6.07 Å². The lowest BCUT2D eigenvalue weighted by Crippen LogP contribution is -2.29. The van der Waals surface area contributed by atoms with Gasteiger partial charge in [-0.2, -0.15) is 0 Å². The van der Waals surface area contributed by atoms with E-state index in [0.29, 0.717) is 28.5 Å². The zero-order valence-electron chi connectivity index (χ0n) is 19.6. The number of hydrogen-bond acceptors (Lipinski definition) is 3. The molecule has 0 aromatic carbocycles. The van der Waals surface area contributed by atoms with Gasteiger partial charge in [0.25, 0.3) is 0 Å². The van der Waals surface area contributed by atoms with E-state index in [1.807, 2.05) is 6.07 Å². The molecule has 2 fully saturated rings. The molecule has 2 aliphatic rings. The summed E-state index contributed by atoms with van der Waals surface area (Å²) in [6, 6.07) is 3.64. The summed E-state index contributed by atoms with van der Waals surface area (Å²) in [4.78, 5) is 12.6. The van der Waals surface area contributed by atoms with Crippen LogP contribution in [0.4, 0.5) is 0 Å². The molecule has 3 rings (SSSR count). The first-order valence-corrected chi connectivity index (χ1v) is 13.4. The molecule has 2 saturated carbocycles. The third-order valence-corrected chi connectivity index (χ3v) is 9.51. The summed E-state index contributed by atoms with van der Waals surface area (Å²) in [6.45, 7) is 9.59. The van der Waals surface area contributed by atoms with Crippen molar-refractivity contribution in [2.24, 2.45) is 35.0 Å². The zero-order valence-corrected chi connectivity index (χ0v) is 21.2. The fourth-order valence-electron chi connectivity index (χ4n) is 6.82. The second kappa shape index (κ2) is 10.6. The summed E-state index contributed by atoms with van der Waals surface area (Å²) in [5.41, 5.74) is 0.415. The molecule has 7 unspecified atom stereocenters. The van der Waals surface area contributed by atoms with Crippen LogP contribution < -0.4 is 0 Å². The summed E-state index contributed by atoms with van der Waals surface area (Å²) < 4.78 is 0. The summed E-state index contributed by atoms with van der Waals surface area (Å²) in [7, 11) is 0. The minimum absolute atomic E-state index is 0.0472. The normalized spacial score (nSPS) is 34.4. The monoisotopic (exact) mass is 468 g/mol.